The normalized spacial score (nSPS) is 26.3. The summed E-state index contributed by atoms with van der Waals surface area (Å²) in [6.45, 7) is 2.18. The summed E-state index contributed by atoms with van der Waals surface area (Å²) in [6, 6.07) is 5.67. The van der Waals surface area contributed by atoms with E-state index in [0.29, 0.717) is 24.9 Å². The highest BCUT2D eigenvalue weighted by Gasteiger charge is 2.44. The van der Waals surface area contributed by atoms with Gasteiger partial charge in [0.25, 0.3) is 0 Å². The number of carbonyl (C=O) groups is 1. The minimum Gasteiger partial charge on any atom is -0.361 e. The Morgan fingerprint density at radius 1 is 1.35 bits per heavy atom. The van der Waals surface area contributed by atoms with Gasteiger partial charge in [-0.2, -0.15) is 0 Å². The number of halogens is 1. The molecule has 3 aliphatic rings. The Morgan fingerprint density at radius 3 is 2.96 bits per heavy atom. The van der Waals surface area contributed by atoms with Gasteiger partial charge in [-0.25, -0.2) is 4.39 Å². The summed E-state index contributed by atoms with van der Waals surface area (Å²) >= 11 is 0. The zero-order valence-corrected chi connectivity index (χ0v) is 13.5. The fourth-order valence-corrected chi connectivity index (χ4v) is 4.42. The van der Waals surface area contributed by atoms with E-state index in [1.807, 2.05) is 6.20 Å². The lowest BCUT2D eigenvalue weighted by molar-refractivity contribution is -0.146. The lowest BCUT2D eigenvalue weighted by atomic mass is 9.70. The molecule has 1 atom stereocenters. The molecule has 0 radical (unpaired) electrons. The number of aromatic amines is 1. The summed E-state index contributed by atoms with van der Waals surface area (Å²) in [7, 11) is 0. The van der Waals surface area contributed by atoms with Gasteiger partial charge in [0.05, 0.1) is 0 Å². The van der Waals surface area contributed by atoms with E-state index in [1.165, 1.54) is 25.3 Å². The van der Waals surface area contributed by atoms with Crippen LogP contribution >= 0.6 is 0 Å². The summed E-state index contributed by atoms with van der Waals surface area (Å²) in [5, 5.41) is 0.896. The first-order valence-electron chi connectivity index (χ1n) is 8.72. The highest BCUT2D eigenvalue weighted by Crippen LogP contribution is 2.43. The molecule has 1 aromatic heterocycles. The molecule has 2 aliphatic heterocycles. The van der Waals surface area contributed by atoms with E-state index in [2.05, 4.69) is 16.8 Å². The van der Waals surface area contributed by atoms with E-state index in [4.69, 9.17) is 0 Å². The molecule has 122 valence electrons. The SMILES string of the molecule is CCC1CC2CC(C2)N1C(=O)CCc1c[nH]c2ccc(F)cc12. The fourth-order valence-electron chi connectivity index (χ4n) is 4.42. The van der Waals surface area contributed by atoms with Crippen LogP contribution in [0.15, 0.2) is 24.4 Å². The molecular formula is C19H23FN2O. The number of H-pyrrole nitrogens is 1. The quantitative estimate of drug-likeness (QED) is 0.909. The van der Waals surface area contributed by atoms with Crippen LogP contribution in [0, 0.1) is 11.7 Å². The van der Waals surface area contributed by atoms with Gasteiger partial charge in [0, 0.05) is 35.6 Å². The highest BCUT2D eigenvalue weighted by atomic mass is 19.1. The van der Waals surface area contributed by atoms with Crippen molar-refractivity contribution >= 4 is 16.8 Å². The Balaban J connectivity index is 1.47. The number of fused-ring (bicyclic) bond motifs is 3. The van der Waals surface area contributed by atoms with Crippen LogP contribution in [0.5, 0.6) is 0 Å². The van der Waals surface area contributed by atoms with Crippen molar-refractivity contribution in [3.63, 3.8) is 0 Å². The lowest BCUT2D eigenvalue weighted by Crippen LogP contribution is -2.58. The average Bonchev–Trinajstić information content (AvgIpc) is 2.93. The summed E-state index contributed by atoms with van der Waals surface area (Å²) in [4.78, 5) is 18.1. The maximum Gasteiger partial charge on any atom is 0.223 e. The van der Waals surface area contributed by atoms with Gasteiger partial charge in [0.1, 0.15) is 5.82 Å². The van der Waals surface area contributed by atoms with Crippen molar-refractivity contribution in [3.05, 3.63) is 35.8 Å². The number of rotatable bonds is 4. The van der Waals surface area contributed by atoms with Crippen LogP contribution in [0.25, 0.3) is 10.9 Å². The van der Waals surface area contributed by atoms with Crippen LogP contribution in [0.1, 0.15) is 44.6 Å². The van der Waals surface area contributed by atoms with Gasteiger partial charge >= 0.3 is 0 Å². The van der Waals surface area contributed by atoms with E-state index in [0.717, 1.165) is 28.8 Å². The fraction of sp³-hybridized carbons (Fsp3) is 0.526. The van der Waals surface area contributed by atoms with Gasteiger partial charge in [-0.05, 0) is 61.8 Å². The Morgan fingerprint density at radius 2 is 2.17 bits per heavy atom. The molecule has 0 spiro atoms. The molecular weight excluding hydrogens is 291 g/mol. The number of nitrogens with zero attached hydrogens (tertiary/aromatic N) is 1. The number of benzene rings is 1. The second-order valence-corrected chi connectivity index (χ2v) is 7.09. The summed E-state index contributed by atoms with van der Waals surface area (Å²) in [5.41, 5.74) is 1.96. The molecule has 2 bridgehead atoms. The Kier molecular flexibility index (Phi) is 3.63. The van der Waals surface area contributed by atoms with Crippen LogP contribution in [-0.2, 0) is 11.2 Å². The van der Waals surface area contributed by atoms with Gasteiger partial charge in [-0.1, -0.05) is 6.92 Å². The van der Waals surface area contributed by atoms with Gasteiger partial charge < -0.3 is 9.88 Å². The molecule has 23 heavy (non-hydrogen) atoms. The van der Waals surface area contributed by atoms with Crippen molar-refractivity contribution in [1.82, 2.24) is 9.88 Å². The van der Waals surface area contributed by atoms with Crippen LogP contribution in [0.4, 0.5) is 4.39 Å². The number of aromatic nitrogens is 1. The first-order valence-corrected chi connectivity index (χ1v) is 8.72. The van der Waals surface area contributed by atoms with Crippen molar-refractivity contribution in [2.45, 2.75) is 57.5 Å². The number of nitrogens with one attached hydrogen (secondary N) is 1. The molecule has 3 heterocycles. The zero-order valence-electron chi connectivity index (χ0n) is 13.5. The van der Waals surface area contributed by atoms with E-state index < -0.39 is 0 Å². The van der Waals surface area contributed by atoms with Crippen molar-refractivity contribution in [1.29, 1.82) is 0 Å². The van der Waals surface area contributed by atoms with Crippen molar-refractivity contribution < 1.29 is 9.18 Å². The second kappa shape index (κ2) is 5.66. The third-order valence-electron chi connectivity index (χ3n) is 5.70. The third-order valence-corrected chi connectivity index (χ3v) is 5.70. The first-order chi connectivity index (χ1) is 11.2. The van der Waals surface area contributed by atoms with Crippen molar-refractivity contribution in [2.24, 2.45) is 5.92 Å². The molecule has 3 fully saturated rings. The standard InChI is InChI=1S/C19H23FN2O/c1-2-15-7-12-8-16(9-12)22(15)19(23)6-3-13-11-21-18-5-4-14(20)10-17(13)18/h4-5,10-12,15-16,21H,2-3,6-9H2,1H3. The van der Waals surface area contributed by atoms with Gasteiger partial charge in [0.15, 0.2) is 0 Å². The maximum atomic E-state index is 13.4. The smallest absolute Gasteiger partial charge is 0.223 e. The van der Waals surface area contributed by atoms with Crippen LogP contribution in [0.2, 0.25) is 0 Å². The largest absolute Gasteiger partial charge is 0.361 e. The second-order valence-electron chi connectivity index (χ2n) is 7.09. The number of piperidine rings is 2. The maximum absolute atomic E-state index is 13.4. The van der Waals surface area contributed by atoms with Crippen LogP contribution < -0.4 is 0 Å². The number of carbonyl (C=O) groups excluding carboxylic acids is 1. The molecule has 4 heteroatoms. The predicted octanol–water partition coefficient (Wildman–Crippen LogP) is 4.03. The zero-order chi connectivity index (χ0) is 16.0. The van der Waals surface area contributed by atoms with E-state index >= 15 is 0 Å². The molecule has 2 saturated heterocycles. The van der Waals surface area contributed by atoms with Crippen LogP contribution in [0.3, 0.4) is 0 Å². The minimum absolute atomic E-state index is 0.229. The van der Waals surface area contributed by atoms with Crippen molar-refractivity contribution in [2.75, 3.05) is 0 Å². The molecule has 3 nitrogen and oxygen atoms in total. The number of hydrogen-bond donors (Lipinski definition) is 1. The Hall–Kier alpha value is -1.84. The molecule has 1 amide bonds. The van der Waals surface area contributed by atoms with E-state index in [-0.39, 0.29) is 11.7 Å². The molecule has 1 saturated carbocycles. The predicted molar refractivity (Wildman–Crippen MR) is 88.6 cm³/mol. The first kappa shape index (κ1) is 14.7. The average molecular weight is 314 g/mol. The number of amides is 1. The molecule has 1 N–H and O–H groups in total. The van der Waals surface area contributed by atoms with Gasteiger partial charge in [-0.15, -0.1) is 0 Å². The topological polar surface area (TPSA) is 36.1 Å². The Bertz CT molecular complexity index is 732. The summed E-state index contributed by atoms with van der Waals surface area (Å²) in [5.74, 6) is 0.892. The molecule has 1 aromatic carbocycles. The summed E-state index contributed by atoms with van der Waals surface area (Å²) in [6.07, 6.45) is 7.71. The number of hydrogen-bond acceptors (Lipinski definition) is 1. The molecule has 5 rings (SSSR count). The monoisotopic (exact) mass is 314 g/mol. The minimum atomic E-state index is -0.229. The van der Waals surface area contributed by atoms with Gasteiger partial charge in [0.2, 0.25) is 5.91 Å². The van der Waals surface area contributed by atoms with Crippen LogP contribution in [-0.4, -0.2) is 27.9 Å². The van der Waals surface area contributed by atoms with E-state index in [1.54, 1.807) is 12.1 Å². The van der Waals surface area contributed by atoms with Gasteiger partial charge in [-0.3, -0.25) is 4.79 Å². The Labute approximate surface area is 135 Å². The summed E-state index contributed by atoms with van der Waals surface area (Å²) < 4.78 is 13.4. The molecule has 1 aliphatic carbocycles. The molecule has 1 unspecified atom stereocenters. The third kappa shape index (κ3) is 2.54. The van der Waals surface area contributed by atoms with Crippen molar-refractivity contribution in [3.8, 4) is 0 Å². The number of aryl methyl sites for hydroxylation is 1. The highest BCUT2D eigenvalue weighted by molar-refractivity contribution is 5.84. The van der Waals surface area contributed by atoms with E-state index in [9.17, 15) is 9.18 Å². The molecule has 2 aromatic rings. The lowest BCUT2D eigenvalue weighted by Gasteiger charge is -2.53.